The molecule has 0 radical (unpaired) electrons. The second-order valence-corrected chi connectivity index (χ2v) is 6.37. The Morgan fingerprint density at radius 2 is 1.89 bits per heavy atom. The second-order valence-electron chi connectivity index (χ2n) is 6.37. The van der Waals surface area contributed by atoms with Crippen molar-refractivity contribution in [2.24, 2.45) is 11.8 Å². The summed E-state index contributed by atoms with van der Waals surface area (Å²) in [4.78, 5) is 23.7. The SMILES string of the molecule is C=C(C)C(=O)OC12CC3CC(O)(CC(C1)C3=O)C2. The van der Waals surface area contributed by atoms with E-state index in [0.29, 0.717) is 37.7 Å². The molecule has 0 spiro atoms. The minimum absolute atomic E-state index is 0.130. The van der Waals surface area contributed by atoms with Crippen LogP contribution in [0.1, 0.15) is 39.0 Å². The van der Waals surface area contributed by atoms with Crippen molar-refractivity contribution in [3.8, 4) is 0 Å². The fraction of sp³-hybridized carbons (Fsp3) is 0.714. The Balaban J connectivity index is 1.88. The molecule has 0 aromatic heterocycles. The summed E-state index contributed by atoms with van der Waals surface area (Å²) in [5.41, 5.74) is -1.08. The second kappa shape index (κ2) is 3.44. The smallest absolute Gasteiger partial charge is 0.333 e. The first-order valence-corrected chi connectivity index (χ1v) is 6.48. The number of Topliss-reactive ketones (excluding diaryl/α,β-unsaturated/α-hetero) is 1. The third-order valence-corrected chi connectivity index (χ3v) is 4.60. The van der Waals surface area contributed by atoms with Gasteiger partial charge in [0, 0.05) is 23.8 Å². The number of rotatable bonds is 2. The molecule has 0 saturated heterocycles. The van der Waals surface area contributed by atoms with E-state index in [-0.39, 0.29) is 17.6 Å². The Morgan fingerprint density at radius 1 is 1.33 bits per heavy atom. The van der Waals surface area contributed by atoms with E-state index in [1.807, 2.05) is 0 Å². The minimum atomic E-state index is -0.810. The van der Waals surface area contributed by atoms with Crippen molar-refractivity contribution in [1.29, 1.82) is 0 Å². The van der Waals surface area contributed by atoms with Crippen molar-refractivity contribution in [2.45, 2.75) is 50.2 Å². The first-order valence-electron chi connectivity index (χ1n) is 6.48. The number of carbonyl (C=O) groups excluding carboxylic acids is 2. The maximum absolute atomic E-state index is 12.0. The van der Waals surface area contributed by atoms with Gasteiger partial charge in [-0.1, -0.05) is 6.58 Å². The molecule has 1 N–H and O–H groups in total. The molecule has 0 amide bonds. The Bertz CT molecular complexity index is 433. The highest BCUT2D eigenvalue weighted by Gasteiger charge is 2.62. The van der Waals surface area contributed by atoms with Gasteiger partial charge in [0.15, 0.2) is 0 Å². The molecular formula is C14H18O4. The Labute approximate surface area is 106 Å². The highest BCUT2D eigenvalue weighted by atomic mass is 16.6. The molecule has 4 heteroatoms. The van der Waals surface area contributed by atoms with Crippen molar-refractivity contribution in [2.75, 3.05) is 0 Å². The summed E-state index contributed by atoms with van der Waals surface area (Å²) in [5, 5.41) is 10.5. The van der Waals surface area contributed by atoms with Crippen LogP contribution in [0.2, 0.25) is 0 Å². The van der Waals surface area contributed by atoms with Gasteiger partial charge in [-0.25, -0.2) is 4.79 Å². The minimum Gasteiger partial charge on any atom is -0.456 e. The fourth-order valence-corrected chi connectivity index (χ4v) is 4.15. The average Bonchev–Trinajstić information content (AvgIpc) is 2.22. The standard InChI is InChI=1S/C14H18O4/c1-8(2)12(16)18-14-5-9-3-13(17,7-14)4-10(6-14)11(9)15/h9-10,17H,1,3-7H2,2H3. The molecular weight excluding hydrogens is 232 g/mol. The van der Waals surface area contributed by atoms with Crippen molar-refractivity contribution in [1.82, 2.24) is 0 Å². The molecule has 2 atom stereocenters. The highest BCUT2D eigenvalue weighted by molar-refractivity contribution is 5.89. The number of ether oxygens (including phenoxy) is 1. The van der Waals surface area contributed by atoms with E-state index in [4.69, 9.17) is 4.74 Å². The van der Waals surface area contributed by atoms with E-state index in [2.05, 4.69) is 6.58 Å². The van der Waals surface area contributed by atoms with Crippen LogP contribution in [0, 0.1) is 11.8 Å². The molecule has 4 nitrogen and oxygen atoms in total. The average molecular weight is 250 g/mol. The van der Waals surface area contributed by atoms with Crippen molar-refractivity contribution in [3.05, 3.63) is 12.2 Å². The zero-order valence-corrected chi connectivity index (χ0v) is 10.6. The monoisotopic (exact) mass is 250 g/mol. The summed E-state index contributed by atoms with van der Waals surface area (Å²) in [6.45, 7) is 5.20. The lowest BCUT2D eigenvalue weighted by molar-refractivity contribution is -0.214. The van der Waals surface area contributed by atoms with Crippen LogP contribution < -0.4 is 0 Å². The van der Waals surface area contributed by atoms with Gasteiger partial charge in [-0.2, -0.15) is 0 Å². The molecule has 4 saturated carbocycles. The number of hydrogen-bond acceptors (Lipinski definition) is 4. The van der Waals surface area contributed by atoms with Gasteiger partial charge in [0.25, 0.3) is 0 Å². The number of carbonyl (C=O) groups is 2. The Hall–Kier alpha value is -1.16. The van der Waals surface area contributed by atoms with E-state index >= 15 is 0 Å². The lowest BCUT2D eigenvalue weighted by Crippen LogP contribution is -2.63. The number of aliphatic hydroxyl groups is 1. The molecule has 2 unspecified atom stereocenters. The molecule has 0 aliphatic heterocycles. The summed E-state index contributed by atoms with van der Waals surface area (Å²) in [6.07, 6.45) is 2.69. The van der Waals surface area contributed by atoms with E-state index in [1.54, 1.807) is 6.92 Å². The van der Waals surface area contributed by atoms with Crippen molar-refractivity contribution >= 4 is 11.8 Å². The fourth-order valence-electron chi connectivity index (χ4n) is 4.15. The van der Waals surface area contributed by atoms with Crippen LogP contribution in [0.3, 0.4) is 0 Å². The topological polar surface area (TPSA) is 63.6 Å². The van der Waals surface area contributed by atoms with E-state index in [0.717, 1.165) is 0 Å². The molecule has 0 aromatic carbocycles. The first kappa shape index (κ1) is 11.9. The van der Waals surface area contributed by atoms with Gasteiger partial charge in [0.2, 0.25) is 0 Å². The van der Waals surface area contributed by atoms with Crippen LogP contribution in [0.4, 0.5) is 0 Å². The summed E-state index contributed by atoms with van der Waals surface area (Å²) in [7, 11) is 0. The summed E-state index contributed by atoms with van der Waals surface area (Å²) >= 11 is 0. The maximum Gasteiger partial charge on any atom is 0.333 e. The summed E-state index contributed by atoms with van der Waals surface area (Å²) in [5.74, 6) is -0.419. The number of esters is 1. The van der Waals surface area contributed by atoms with Crippen LogP contribution in [0.15, 0.2) is 12.2 Å². The zero-order chi connectivity index (χ0) is 13.1. The van der Waals surface area contributed by atoms with Crippen LogP contribution in [0.5, 0.6) is 0 Å². The molecule has 0 heterocycles. The zero-order valence-electron chi connectivity index (χ0n) is 10.6. The van der Waals surface area contributed by atoms with Gasteiger partial charge in [0.1, 0.15) is 11.4 Å². The molecule has 18 heavy (non-hydrogen) atoms. The highest BCUT2D eigenvalue weighted by Crippen LogP contribution is 2.57. The van der Waals surface area contributed by atoms with Gasteiger partial charge in [-0.05, 0) is 32.6 Å². The predicted molar refractivity (Wildman–Crippen MR) is 63.7 cm³/mol. The Morgan fingerprint density at radius 3 is 2.39 bits per heavy atom. The lowest BCUT2D eigenvalue weighted by Gasteiger charge is -2.58. The van der Waals surface area contributed by atoms with Crippen LogP contribution in [0.25, 0.3) is 0 Å². The number of ketones is 1. The molecule has 4 bridgehead atoms. The molecule has 4 aliphatic carbocycles. The van der Waals surface area contributed by atoms with Gasteiger partial charge in [-0.15, -0.1) is 0 Å². The molecule has 0 aromatic rings. The third-order valence-electron chi connectivity index (χ3n) is 4.60. The Kier molecular flexibility index (Phi) is 2.28. The largest absolute Gasteiger partial charge is 0.456 e. The van der Waals surface area contributed by atoms with E-state index in [1.165, 1.54) is 0 Å². The lowest BCUT2D eigenvalue weighted by atomic mass is 9.51. The predicted octanol–water partition coefficient (Wildman–Crippen LogP) is 1.37. The van der Waals surface area contributed by atoms with Gasteiger partial charge in [0.05, 0.1) is 5.60 Å². The van der Waals surface area contributed by atoms with E-state index in [9.17, 15) is 14.7 Å². The first-order chi connectivity index (χ1) is 8.33. The third kappa shape index (κ3) is 1.62. The molecule has 98 valence electrons. The van der Waals surface area contributed by atoms with Crippen molar-refractivity contribution in [3.63, 3.8) is 0 Å². The van der Waals surface area contributed by atoms with Crippen LogP contribution in [-0.4, -0.2) is 28.1 Å². The van der Waals surface area contributed by atoms with Crippen molar-refractivity contribution < 1.29 is 19.4 Å². The summed E-state index contributed by atoms with van der Waals surface area (Å²) < 4.78 is 5.57. The summed E-state index contributed by atoms with van der Waals surface area (Å²) in [6, 6.07) is 0. The quantitative estimate of drug-likeness (QED) is 0.594. The van der Waals surface area contributed by atoms with Crippen LogP contribution >= 0.6 is 0 Å². The van der Waals surface area contributed by atoms with Gasteiger partial charge in [-0.3, -0.25) is 4.79 Å². The van der Waals surface area contributed by atoms with Gasteiger partial charge >= 0.3 is 5.97 Å². The molecule has 4 rings (SSSR count). The van der Waals surface area contributed by atoms with Crippen LogP contribution in [-0.2, 0) is 14.3 Å². The molecule has 4 fully saturated rings. The maximum atomic E-state index is 12.0. The molecule has 4 aliphatic rings. The number of hydrogen-bond donors (Lipinski definition) is 1. The van der Waals surface area contributed by atoms with E-state index < -0.39 is 17.2 Å². The van der Waals surface area contributed by atoms with Gasteiger partial charge < -0.3 is 9.84 Å². The normalized spacial score (nSPS) is 45.1.